The largest absolute Gasteiger partial charge is 0.475 e. The van der Waals surface area contributed by atoms with Crippen LogP contribution in [0, 0.1) is 0 Å². The van der Waals surface area contributed by atoms with Gasteiger partial charge in [-0.05, 0) is 44.2 Å². The maximum absolute atomic E-state index is 11.1. The zero-order valence-electron chi connectivity index (χ0n) is 15.4. The predicted molar refractivity (Wildman–Crippen MR) is 102 cm³/mol. The zero-order valence-corrected chi connectivity index (χ0v) is 15.4. The van der Waals surface area contributed by atoms with Gasteiger partial charge in [0.05, 0.1) is 11.7 Å². The van der Waals surface area contributed by atoms with Gasteiger partial charge in [0, 0.05) is 18.8 Å². The Bertz CT molecular complexity index is 769. The topological polar surface area (TPSA) is 121 Å². The molecule has 3 rings (SSSR count). The molecular weight excluding hydrogens is 348 g/mol. The number of hydrogen-bond donors (Lipinski definition) is 4. The summed E-state index contributed by atoms with van der Waals surface area (Å²) in [6, 6.07) is 3.23. The monoisotopic (exact) mass is 374 g/mol. The molecule has 1 fully saturated rings. The molecule has 0 amide bonds. The molecule has 0 radical (unpaired) electrons. The number of hydrogen-bond acceptors (Lipinski definition) is 7. The number of furan rings is 1. The van der Waals surface area contributed by atoms with Gasteiger partial charge in [0.25, 0.3) is 0 Å². The van der Waals surface area contributed by atoms with Crippen LogP contribution in [0.5, 0.6) is 0 Å². The van der Waals surface area contributed by atoms with Crippen LogP contribution in [0.15, 0.2) is 22.7 Å². The molecule has 2 aromatic rings. The molecule has 1 aliphatic rings. The maximum atomic E-state index is 11.1. The van der Waals surface area contributed by atoms with Gasteiger partial charge in [0.2, 0.25) is 11.7 Å². The van der Waals surface area contributed by atoms with Crippen molar-refractivity contribution in [3.63, 3.8) is 0 Å². The average molecular weight is 374 g/mol. The Hall–Kier alpha value is -2.61. The summed E-state index contributed by atoms with van der Waals surface area (Å²) in [6.45, 7) is 2.90. The van der Waals surface area contributed by atoms with Gasteiger partial charge >= 0.3 is 5.97 Å². The molecule has 0 unspecified atom stereocenters. The number of carbonyl (C=O) groups is 1. The molecular formula is C19H26N4O4. The second-order valence-electron chi connectivity index (χ2n) is 6.86. The van der Waals surface area contributed by atoms with Crippen LogP contribution in [0.25, 0.3) is 11.3 Å². The third-order valence-electron chi connectivity index (χ3n) is 4.72. The van der Waals surface area contributed by atoms with Gasteiger partial charge in [-0.15, -0.1) is 0 Å². The van der Waals surface area contributed by atoms with E-state index in [0.717, 1.165) is 45.1 Å². The number of nitrogens with one attached hydrogen (secondary N) is 2. The van der Waals surface area contributed by atoms with E-state index in [1.54, 1.807) is 12.3 Å². The molecule has 1 aliphatic carbocycles. The fraction of sp³-hybridized carbons (Fsp3) is 0.526. The normalized spacial score (nSPS) is 19.6. The maximum Gasteiger partial charge on any atom is 0.371 e. The number of rotatable bonds is 8. The first-order chi connectivity index (χ1) is 13.1. The van der Waals surface area contributed by atoms with Gasteiger partial charge in [-0.2, -0.15) is 4.98 Å². The van der Waals surface area contributed by atoms with Crippen LogP contribution in [-0.2, 0) is 0 Å². The molecule has 1 saturated carbocycles. The first kappa shape index (κ1) is 19.2. The highest BCUT2D eigenvalue weighted by Gasteiger charge is 2.22. The number of aliphatic hydroxyl groups is 1. The Morgan fingerprint density at radius 2 is 2.07 bits per heavy atom. The minimum absolute atomic E-state index is 0.123. The number of aromatic carboxylic acids is 1. The highest BCUT2D eigenvalue weighted by Crippen LogP contribution is 2.31. The Balaban J connectivity index is 1.84. The molecule has 0 spiro atoms. The van der Waals surface area contributed by atoms with Gasteiger partial charge in [0.1, 0.15) is 11.6 Å². The van der Waals surface area contributed by atoms with Crippen molar-refractivity contribution in [3.8, 4) is 11.3 Å². The molecule has 0 aromatic carbocycles. The van der Waals surface area contributed by atoms with Crippen molar-refractivity contribution in [2.24, 2.45) is 0 Å². The van der Waals surface area contributed by atoms with Crippen LogP contribution in [-0.4, -0.2) is 44.8 Å². The Morgan fingerprint density at radius 3 is 2.74 bits per heavy atom. The summed E-state index contributed by atoms with van der Waals surface area (Å²) in [4.78, 5) is 20.0. The quantitative estimate of drug-likeness (QED) is 0.519. The minimum Gasteiger partial charge on any atom is -0.475 e. The van der Waals surface area contributed by atoms with Crippen LogP contribution in [0.3, 0.4) is 0 Å². The smallest absolute Gasteiger partial charge is 0.371 e. The van der Waals surface area contributed by atoms with Crippen molar-refractivity contribution < 1.29 is 19.4 Å². The number of anilines is 2. The van der Waals surface area contributed by atoms with E-state index < -0.39 is 5.97 Å². The fourth-order valence-corrected chi connectivity index (χ4v) is 3.15. The fourth-order valence-electron chi connectivity index (χ4n) is 3.15. The zero-order chi connectivity index (χ0) is 19.2. The highest BCUT2D eigenvalue weighted by molar-refractivity contribution is 5.85. The van der Waals surface area contributed by atoms with Gasteiger partial charge in [-0.3, -0.25) is 0 Å². The molecule has 0 saturated heterocycles. The van der Waals surface area contributed by atoms with Crippen LogP contribution in [0.4, 0.5) is 11.8 Å². The molecule has 146 valence electrons. The van der Waals surface area contributed by atoms with E-state index in [0.29, 0.717) is 23.1 Å². The van der Waals surface area contributed by atoms with E-state index in [9.17, 15) is 9.90 Å². The summed E-state index contributed by atoms with van der Waals surface area (Å²) in [6.07, 6.45) is 6.71. The second kappa shape index (κ2) is 8.85. The number of carboxylic acid groups (broad SMARTS) is 1. The highest BCUT2D eigenvalue weighted by atomic mass is 16.4. The van der Waals surface area contributed by atoms with E-state index in [4.69, 9.17) is 9.52 Å². The number of aliphatic hydroxyl groups excluding tert-OH is 1. The van der Waals surface area contributed by atoms with Crippen LogP contribution in [0.1, 0.15) is 56.0 Å². The summed E-state index contributed by atoms with van der Waals surface area (Å²) in [5.74, 6) is 0.302. The summed E-state index contributed by atoms with van der Waals surface area (Å²) in [5, 5.41) is 25.4. The Kier molecular flexibility index (Phi) is 6.28. The number of nitrogens with zero attached hydrogens (tertiary/aromatic N) is 2. The van der Waals surface area contributed by atoms with Gasteiger partial charge in [-0.1, -0.05) is 13.3 Å². The van der Waals surface area contributed by atoms with Crippen LogP contribution < -0.4 is 10.6 Å². The van der Waals surface area contributed by atoms with Crippen molar-refractivity contribution >= 4 is 17.7 Å². The van der Waals surface area contributed by atoms with Crippen LogP contribution in [0.2, 0.25) is 0 Å². The van der Waals surface area contributed by atoms with Gasteiger partial charge < -0.3 is 25.3 Å². The SMILES string of the molecule is CCCCNc1ncc(-c2ccc(C(=O)O)o2)c(N[C@H]2CC[C@H](O)CC2)n1. The molecule has 8 heteroatoms. The van der Waals surface area contributed by atoms with Gasteiger partial charge in [0.15, 0.2) is 0 Å². The Morgan fingerprint density at radius 1 is 1.30 bits per heavy atom. The van der Waals surface area contributed by atoms with E-state index in [2.05, 4.69) is 27.5 Å². The molecule has 4 N–H and O–H groups in total. The van der Waals surface area contributed by atoms with E-state index in [-0.39, 0.29) is 17.9 Å². The third kappa shape index (κ3) is 4.97. The lowest BCUT2D eigenvalue weighted by molar-refractivity contribution is 0.0663. The van der Waals surface area contributed by atoms with Crippen molar-refractivity contribution in [2.45, 2.75) is 57.6 Å². The van der Waals surface area contributed by atoms with Crippen molar-refractivity contribution in [1.82, 2.24) is 9.97 Å². The Labute approximate surface area is 158 Å². The molecule has 2 heterocycles. The molecule has 0 atom stereocenters. The minimum atomic E-state index is -1.12. The molecule has 27 heavy (non-hydrogen) atoms. The van der Waals surface area contributed by atoms with Gasteiger partial charge in [-0.25, -0.2) is 9.78 Å². The predicted octanol–water partition coefficient (Wildman–Crippen LogP) is 3.36. The number of carboxylic acids is 1. The van der Waals surface area contributed by atoms with Crippen LogP contribution >= 0.6 is 0 Å². The number of aromatic nitrogens is 2. The lowest BCUT2D eigenvalue weighted by Gasteiger charge is -2.27. The van der Waals surface area contributed by atoms with E-state index in [1.165, 1.54) is 6.07 Å². The summed E-state index contributed by atoms with van der Waals surface area (Å²) in [5.41, 5.74) is 0.620. The first-order valence-corrected chi connectivity index (χ1v) is 9.45. The lowest BCUT2D eigenvalue weighted by Crippen LogP contribution is -2.29. The summed E-state index contributed by atoms with van der Waals surface area (Å²) >= 11 is 0. The summed E-state index contributed by atoms with van der Waals surface area (Å²) < 4.78 is 5.44. The van der Waals surface area contributed by atoms with E-state index in [1.807, 2.05) is 0 Å². The van der Waals surface area contributed by atoms with Crippen molar-refractivity contribution in [2.75, 3.05) is 17.2 Å². The summed E-state index contributed by atoms with van der Waals surface area (Å²) in [7, 11) is 0. The lowest BCUT2D eigenvalue weighted by atomic mass is 9.93. The third-order valence-corrected chi connectivity index (χ3v) is 4.72. The molecule has 0 aliphatic heterocycles. The standard InChI is InChI=1S/C19H26N4O4/c1-2-3-10-20-19-21-11-14(15-8-9-16(27-15)18(25)26)17(23-19)22-12-4-6-13(24)7-5-12/h8-9,11-13,24H,2-7,10H2,1H3,(H,25,26)(H2,20,21,22,23)/t12-,13-. The van der Waals surface area contributed by atoms with Crippen molar-refractivity contribution in [3.05, 3.63) is 24.1 Å². The van der Waals surface area contributed by atoms with E-state index >= 15 is 0 Å². The van der Waals surface area contributed by atoms with Crippen molar-refractivity contribution in [1.29, 1.82) is 0 Å². The first-order valence-electron chi connectivity index (χ1n) is 9.45. The molecule has 8 nitrogen and oxygen atoms in total. The second-order valence-corrected chi connectivity index (χ2v) is 6.86. The average Bonchev–Trinajstić information content (AvgIpc) is 3.14. The molecule has 2 aromatic heterocycles. The molecule has 0 bridgehead atoms. The number of unbranched alkanes of at least 4 members (excludes halogenated alkanes) is 1.